The van der Waals surface area contributed by atoms with Crippen molar-refractivity contribution in [3.8, 4) is 11.8 Å². The van der Waals surface area contributed by atoms with Crippen LogP contribution in [0, 0.1) is 11.8 Å². The summed E-state index contributed by atoms with van der Waals surface area (Å²) < 4.78 is 0. The zero-order valence-corrected chi connectivity index (χ0v) is 7.87. The van der Waals surface area contributed by atoms with E-state index >= 15 is 0 Å². The monoisotopic (exact) mass is 189 g/mol. The first kappa shape index (κ1) is 10.3. The van der Waals surface area contributed by atoms with Gasteiger partial charge in [0, 0.05) is 18.2 Å². The van der Waals surface area contributed by atoms with Gasteiger partial charge in [0.2, 0.25) is 0 Å². The van der Waals surface area contributed by atoms with Gasteiger partial charge in [-0.3, -0.25) is 4.79 Å². The van der Waals surface area contributed by atoms with Crippen LogP contribution in [0.4, 0.5) is 0 Å². The summed E-state index contributed by atoms with van der Waals surface area (Å²) in [6.45, 7) is -0.156. The van der Waals surface area contributed by atoms with Gasteiger partial charge in [0.15, 0.2) is 0 Å². The molecule has 0 aliphatic heterocycles. The minimum Gasteiger partial charge on any atom is -0.384 e. The predicted octanol–water partition coefficient (Wildman–Crippen LogP) is 0.390. The number of benzene rings is 1. The summed E-state index contributed by atoms with van der Waals surface area (Å²) in [6.07, 6.45) is 0. The summed E-state index contributed by atoms with van der Waals surface area (Å²) in [7, 11) is 1.59. The smallest absolute Gasteiger partial charge is 0.251 e. The summed E-state index contributed by atoms with van der Waals surface area (Å²) in [6, 6.07) is 6.88. The highest BCUT2D eigenvalue weighted by Gasteiger charge is 2.00. The lowest BCUT2D eigenvalue weighted by Gasteiger charge is -1.98. The Morgan fingerprint density at radius 2 is 2.07 bits per heavy atom. The Morgan fingerprint density at radius 1 is 1.43 bits per heavy atom. The van der Waals surface area contributed by atoms with Crippen molar-refractivity contribution in [3.63, 3.8) is 0 Å². The van der Waals surface area contributed by atoms with Crippen molar-refractivity contribution >= 4 is 5.91 Å². The Labute approximate surface area is 82.8 Å². The van der Waals surface area contributed by atoms with E-state index in [1.807, 2.05) is 0 Å². The highest BCUT2D eigenvalue weighted by molar-refractivity contribution is 5.94. The number of hydrogen-bond donors (Lipinski definition) is 2. The zero-order valence-electron chi connectivity index (χ0n) is 7.87. The van der Waals surface area contributed by atoms with Crippen LogP contribution < -0.4 is 5.32 Å². The Kier molecular flexibility index (Phi) is 3.71. The largest absolute Gasteiger partial charge is 0.384 e. The second kappa shape index (κ2) is 5.05. The van der Waals surface area contributed by atoms with Crippen LogP contribution in [0.25, 0.3) is 0 Å². The van der Waals surface area contributed by atoms with Crippen molar-refractivity contribution in [3.05, 3.63) is 35.4 Å². The van der Waals surface area contributed by atoms with Crippen molar-refractivity contribution in [1.29, 1.82) is 0 Å². The third-order valence-corrected chi connectivity index (χ3v) is 1.69. The predicted molar refractivity (Wildman–Crippen MR) is 53.8 cm³/mol. The van der Waals surface area contributed by atoms with Gasteiger partial charge in [-0.25, -0.2) is 0 Å². The number of carbonyl (C=O) groups excluding carboxylic acids is 1. The second-order valence-electron chi connectivity index (χ2n) is 2.62. The van der Waals surface area contributed by atoms with Crippen molar-refractivity contribution in [2.24, 2.45) is 0 Å². The minimum atomic E-state index is -0.156. The molecule has 1 aromatic carbocycles. The van der Waals surface area contributed by atoms with Crippen LogP contribution >= 0.6 is 0 Å². The molecule has 0 spiro atoms. The number of amides is 1. The van der Waals surface area contributed by atoms with Gasteiger partial charge in [-0.05, 0) is 24.3 Å². The van der Waals surface area contributed by atoms with Gasteiger partial charge in [-0.15, -0.1) is 0 Å². The molecule has 3 nitrogen and oxygen atoms in total. The van der Waals surface area contributed by atoms with E-state index < -0.39 is 0 Å². The summed E-state index contributed by atoms with van der Waals surface area (Å²) in [5.74, 6) is 5.16. The van der Waals surface area contributed by atoms with Gasteiger partial charge in [0.05, 0.1) is 0 Å². The van der Waals surface area contributed by atoms with Crippen molar-refractivity contribution in [2.45, 2.75) is 0 Å². The second-order valence-corrected chi connectivity index (χ2v) is 2.62. The van der Waals surface area contributed by atoms with Crippen molar-refractivity contribution in [1.82, 2.24) is 5.32 Å². The fourth-order valence-electron chi connectivity index (χ4n) is 0.991. The van der Waals surface area contributed by atoms with Crippen LogP contribution in [0.15, 0.2) is 24.3 Å². The first-order valence-electron chi connectivity index (χ1n) is 4.20. The fraction of sp³-hybridized carbons (Fsp3) is 0.182. The third-order valence-electron chi connectivity index (χ3n) is 1.69. The van der Waals surface area contributed by atoms with E-state index in [-0.39, 0.29) is 12.5 Å². The van der Waals surface area contributed by atoms with E-state index in [1.54, 1.807) is 31.3 Å². The number of nitrogens with one attached hydrogen (secondary N) is 1. The standard InChI is InChI=1S/C11H11NO2/c1-12-11(14)10-6-4-9(5-7-10)3-2-8-13/h4-7,13H,8H2,1H3,(H,12,14). The number of hydrogen-bond acceptors (Lipinski definition) is 2. The highest BCUT2D eigenvalue weighted by atomic mass is 16.2. The average Bonchev–Trinajstić information content (AvgIpc) is 2.26. The molecule has 0 aliphatic carbocycles. The van der Waals surface area contributed by atoms with E-state index in [0.29, 0.717) is 5.56 Å². The normalized spacial score (nSPS) is 8.71. The van der Waals surface area contributed by atoms with Gasteiger partial charge < -0.3 is 10.4 Å². The van der Waals surface area contributed by atoms with E-state index in [0.717, 1.165) is 5.56 Å². The summed E-state index contributed by atoms with van der Waals surface area (Å²) in [4.78, 5) is 11.2. The maximum atomic E-state index is 11.2. The van der Waals surface area contributed by atoms with E-state index in [2.05, 4.69) is 17.2 Å². The zero-order chi connectivity index (χ0) is 10.4. The van der Waals surface area contributed by atoms with Crippen molar-refractivity contribution in [2.75, 3.05) is 13.7 Å². The number of carbonyl (C=O) groups is 1. The molecule has 2 N–H and O–H groups in total. The molecule has 0 saturated carbocycles. The molecule has 3 heteroatoms. The van der Waals surface area contributed by atoms with Crippen LogP contribution in [0.2, 0.25) is 0 Å². The first-order valence-corrected chi connectivity index (χ1v) is 4.20. The van der Waals surface area contributed by atoms with Crippen molar-refractivity contribution < 1.29 is 9.90 Å². The Hall–Kier alpha value is -1.79. The number of aliphatic hydroxyl groups is 1. The molecule has 1 rings (SSSR count). The molecule has 1 amide bonds. The SMILES string of the molecule is CNC(=O)c1ccc(C#CCO)cc1. The third kappa shape index (κ3) is 2.61. The van der Waals surface area contributed by atoms with Crippen LogP contribution in [-0.4, -0.2) is 24.7 Å². The lowest BCUT2D eigenvalue weighted by molar-refractivity contribution is 0.0963. The molecule has 72 valence electrons. The molecule has 0 aromatic heterocycles. The minimum absolute atomic E-state index is 0.119. The molecule has 0 unspecified atom stereocenters. The van der Waals surface area contributed by atoms with Gasteiger partial charge in [0.1, 0.15) is 6.61 Å². The lowest BCUT2D eigenvalue weighted by Crippen LogP contribution is -2.17. The van der Waals surface area contributed by atoms with Gasteiger partial charge in [-0.2, -0.15) is 0 Å². The van der Waals surface area contributed by atoms with E-state index in [9.17, 15) is 4.79 Å². The number of rotatable bonds is 1. The van der Waals surface area contributed by atoms with Crippen LogP contribution in [-0.2, 0) is 0 Å². The molecule has 0 aliphatic rings. The molecule has 0 bridgehead atoms. The summed E-state index contributed by atoms with van der Waals surface area (Å²) in [5.41, 5.74) is 1.38. The molecular weight excluding hydrogens is 178 g/mol. The molecule has 0 radical (unpaired) electrons. The van der Waals surface area contributed by atoms with Gasteiger partial charge in [0.25, 0.3) is 5.91 Å². The fourth-order valence-corrected chi connectivity index (χ4v) is 0.991. The molecule has 0 fully saturated rings. The van der Waals surface area contributed by atoms with Crippen LogP contribution in [0.5, 0.6) is 0 Å². The molecule has 1 aromatic rings. The van der Waals surface area contributed by atoms with Crippen LogP contribution in [0.1, 0.15) is 15.9 Å². The maximum Gasteiger partial charge on any atom is 0.251 e. The molecule has 14 heavy (non-hydrogen) atoms. The quantitative estimate of drug-likeness (QED) is 0.628. The van der Waals surface area contributed by atoms with E-state index in [1.165, 1.54) is 0 Å². The Balaban J connectivity index is 2.83. The average molecular weight is 189 g/mol. The Morgan fingerprint density at radius 3 is 2.57 bits per heavy atom. The Bertz CT molecular complexity index is 371. The molecule has 0 heterocycles. The summed E-state index contributed by atoms with van der Waals surface area (Å²) in [5, 5.41) is 11.0. The highest BCUT2D eigenvalue weighted by Crippen LogP contribution is 2.02. The molecule has 0 atom stereocenters. The molecular formula is C11H11NO2. The topological polar surface area (TPSA) is 49.3 Å². The molecule has 0 saturated heterocycles. The van der Waals surface area contributed by atoms with E-state index in [4.69, 9.17) is 5.11 Å². The number of aliphatic hydroxyl groups excluding tert-OH is 1. The van der Waals surface area contributed by atoms with Gasteiger partial charge >= 0.3 is 0 Å². The first-order chi connectivity index (χ1) is 6.77. The maximum absolute atomic E-state index is 11.2. The van der Waals surface area contributed by atoms with Gasteiger partial charge in [-0.1, -0.05) is 11.8 Å². The van der Waals surface area contributed by atoms with Crippen LogP contribution in [0.3, 0.4) is 0 Å². The summed E-state index contributed by atoms with van der Waals surface area (Å²) >= 11 is 0. The lowest BCUT2D eigenvalue weighted by atomic mass is 10.1.